The molecule has 0 radical (unpaired) electrons. The molecule has 1 N–H and O–H groups in total. The number of aromatic nitrogens is 3. The van der Waals surface area contributed by atoms with Crippen LogP contribution >= 0.6 is 11.5 Å². The fourth-order valence-corrected chi connectivity index (χ4v) is 4.78. The zero-order chi connectivity index (χ0) is 22.5. The Bertz CT molecular complexity index is 1050. The van der Waals surface area contributed by atoms with E-state index in [0.29, 0.717) is 11.3 Å². The zero-order valence-corrected chi connectivity index (χ0v) is 19.1. The highest BCUT2D eigenvalue weighted by Gasteiger charge is 2.35. The van der Waals surface area contributed by atoms with E-state index in [-0.39, 0.29) is 23.6 Å². The van der Waals surface area contributed by atoms with Gasteiger partial charge in [0.15, 0.2) is 5.69 Å². The van der Waals surface area contributed by atoms with E-state index in [4.69, 9.17) is 0 Å². The van der Waals surface area contributed by atoms with Crippen LogP contribution in [-0.4, -0.2) is 32.4 Å². The van der Waals surface area contributed by atoms with Gasteiger partial charge in [-0.3, -0.25) is 19.5 Å². The summed E-state index contributed by atoms with van der Waals surface area (Å²) in [5, 5.41) is 8.81. The van der Waals surface area contributed by atoms with Crippen LogP contribution in [0.2, 0.25) is 0 Å². The molecule has 2 amide bonds. The normalized spacial score (nSPS) is 15.2. The SMILES string of the molecule is Cc1cc(C)cc(N(C(=O)c2csnn2)[C@@H](C(=O)NC2CCCCC2)c2ccncc2)c1. The Morgan fingerprint density at radius 2 is 1.75 bits per heavy atom. The number of pyridine rings is 1. The second-order valence-corrected chi connectivity index (χ2v) is 8.95. The third-order valence-corrected chi connectivity index (χ3v) is 6.27. The van der Waals surface area contributed by atoms with Crippen molar-refractivity contribution < 1.29 is 9.59 Å². The summed E-state index contributed by atoms with van der Waals surface area (Å²) in [7, 11) is 0. The number of hydrogen-bond acceptors (Lipinski definition) is 6. The van der Waals surface area contributed by atoms with Gasteiger partial charge >= 0.3 is 0 Å². The molecule has 0 saturated heterocycles. The van der Waals surface area contributed by atoms with Crippen molar-refractivity contribution in [3.8, 4) is 0 Å². The lowest BCUT2D eigenvalue weighted by atomic mass is 9.94. The van der Waals surface area contributed by atoms with Crippen molar-refractivity contribution in [3.05, 3.63) is 70.5 Å². The van der Waals surface area contributed by atoms with Gasteiger partial charge < -0.3 is 5.32 Å². The molecule has 2 aromatic heterocycles. The van der Waals surface area contributed by atoms with Gasteiger partial charge in [-0.2, -0.15) is 0 Å². The monoisotopic (exact) mass is 449 g/mol. The molecule has 166 valence electrons. The van der Waals surface area contributed by atoms with Crippen LogP contribution in [0.1, 0.15) is 65.3 Å². The Hall–Kier alpha value is -3.13. The lowest BCUT2D eigenvalue weighted by molar-refractivity contribution is -0.123. The quantitative estimate of drug-likeness (QED) is 0.603. The van der Waals surface area contributed by atoms with Crippen molar-refractivity contribution in [3.63, 3.8) is 0 Å². The molecule has 7 nitrogen and oxygen atoms in total. The first-order valence-electron chi connectivity index (χ1n) is 10.9. The maximum absolute atomic E-state index is 13.7. The van der Waals surface area contributed by atoms with Gasteiger partial charge in [-0.05, 0) is 79.2 Å². The van der Waals surface area contributed by atoms with E-state index >= 15 is 0 Å². The topological polar surface area (TPSA) is 88.1 Å². The van der Waals surface area contributed by atoms with E-state index in [1.165, 1.54) is 6.42 Å². The van der Waals surface area contributed by atoms with Crippen LogP contribution in [0.4, 0.5) is 5.69 Å². The van der Waals surface area contributed by atoms with Gasteiger partial charge in [-0.1, -0.05) is 29.8 Å². The second kappa shape index (κ2) is 9.99. The van der Waals surface area contributed by atoms with E-state index < -0.39 is 6.04 Å². The number of nitrogens with zero attached hydrogens (tertiary/aromatic N) is 4. The standard InChI is InChI=1S/C24H27N5O2S/c1-16-12-17(2)14-20(13-16)29(24(31)21-15-32-28-27-21)22(18-8-10-25-11-9-18)23(30)26-19-6-4-3-5-7-19/h8-15,19,22H,3-7H2,1-2H3,(H,26,30)/t22-/m1/s1. The number of hydrogen-bond donors (Lipinski definition) is 1. The van der Waals surface area contributed by atoms with E-state index in [1.807, 2.05) is 32.0 Å². The summed E-state index contributed by atoms with van der Waals surface area (Å²) < 4.78 is 3.86. The van der Waals surface area contributed by atoms with Gasteiger partial charge in [0, 0.05) is 29.5 Å². The Kier molecular flexibility index (Phi) is 6.90. The van der Waals surface area contributed by atoms with Crippen molar-refractivity contribution in [2.45, 2.75) is 58.0 Å². The largest absolute Gasteiger partial charge is 0.351 e. The summed E-state index contributed by atoms with van der Waals surface area (Å²) in [4.78, 5) is 33.0. The van der Waals surface area contributed by atoms with E-state index in [0.717, 1.165) is 48.3 Å². The van der Waals surface area contributed by atoms with Crippen LogP contribution in [0, 0.1) is 13.8 Å². The predicted octanol–water partition coefficient (Wildman–Crippen LogP) is 4.39. The van der Waals surface area contributed by atoms with Crippen LogP contribution in [0.5, 0.6) is 0 Å². The third kappa shape index (κ3) is 5.02. The maximum atomic E-state index is 13.7. The first kappa shape index (κ1) is 22.1. The fraction of sp³-hybridized carbons (Fsp3) is 0.375. The number of anilines is 1. The van der Waals surface area contributed by atoms with Gasteiger partial charge in [-0.25, -0.2) is 0 Å². The first-order valence-corrected chi connectivity index (χ1v) is 11.8. The van der Waals surface area contributed by atoms with Gasteiger partial charge in [0.05, 0.1) is 0 Å². The number of nitrogens with one attached hydrogen (secondary N) is 1. The molecule has 2 heterocycles. The van der Waals surface area contributed by atoms with E-state index in [2.05, 4.69) is 19.9 Å². The minimum absolute atomic E-state index is 0.123. The average Bonchev–Trinajstić information content (AvgIpc) is 3.32. The van der Waals surface area contributed by atoms with Crippen molar-refractivity contribution in [1.82, 2.24) is 19.9 Å². The minimum atomic E-state index is -0.852. The van der Waals surface area contributed by atoms with Crippen molar-refractivity contribution in [2.24, 2.45) is 0 Å². The number of carbonyl (C=O) groups excluding carboxylic acids is 2. The minimum Gasteiger partial charge on any atom is -0.351 e. The molecule has 3 aromatic rings. The Morgan fingerprint density at radius 3 is 2.38 bits per heavy atom. The third-order valence-electron chi connectivity index (χ3n) is 5.76. The highest BCUT2D eigenvalue weighted by atomic mass is 32.1. The molecule has 8 heteroatoms. The molecule has 0 aliphatic heterocycles. The lowest BCUT2D eigenvalue weighted by Crippen LogP contribution is -2.47. The highest BCUT2D eigenvalue weighted by Crippen LogP contribution is 2.31. The molecule has 1 aromatic carbocycles. The van der Waals surface area contributed by atoms with Crippen LogP contribution in [0.3, 0.4) is 0 Å². The number of rotatable bonds is 6. The van der Waals surface area contributed by atoms with Gasteiger partial charge in [-0.15, -0.1) is 5.10 Å². The number of carbonyl (C=O) groups is 2. The number of amides is 2. The molecule has 1 aliphatic carbocycles. The van der Waals surface area contributed by atoms with Crippen molar-refractivity contribution >= 4 is 29.0 Å². The molecule has 1 saturated carbocycles. The molecule has 4 rings (SSSR count). The number of aryl methyl sites for hydroxylation is 2. The summed E-state index contributed by atoms with van der Waals surface area (Å²) in [5.41, 5.74) is 3.59. The Morgan fingerprint density at radius 1 is 1.06 bits per heavy atom. The van der Waals surface area contributed by atoms with Crippen molar-refractivity contribution in [2.75, 3.05) is 4.90 Å². The van der Waals surface area contributed by atoms with Crippen LogP contribution in [0.15, 0.2) is 48.1 Å². The molecule has 0 bridgehead atoms. The molecule has 0 spiro atoms. The van der Waals surface area contributed by atoms with Crippen LogP contribution in [-0.2, 0) is 4.79 Å². The first-order chi connectivity index (χ1) is 15.5. The Balaban J connectivity index is 1.80. The van der Waals surface area contributed by atoms with E-state index in [1.54, 1.807) is 34.8 Å². The molecule has 32 heavy (non-hydrogen) atoms. The molecular weight excluding hydrogens is 422 g/mol. The number of benzene rings is 1. The molecule has 0 unspecified atom stereocenters. The summed E-state index contributed by atoms with van der Waals surface area (Å²) >= 11 is 1.11. The van der Waals surface area contributed by atoms with E-state index in [9.17, 15) is 9.59 Å². The lowest BCUT2D eigenvalue weighted by Gasteiger charge is -2.33. The molecule has 1 fully saturated rings. The van der Waals surface area contributed by atoms with Gasteiger partial charge in [0.2, 0.25) is 5.91 Å². The van der Waals surface area contributed by atoms with Gasteiger partial charge in [0.25, 0.3) is 5.91 Å². The Labute approximate surface area is 192 Å². The molecule has 1 atom stereocenters. The fourth-order valence-electron chi connectivity index (χ4n) is 4.34. The summed E-state index contributed by atoms with van der Waals surface area (Å²) in [6, 6.07) is 8.73. The molecular formula is C24H27N5O2S. The van der Waals surface area contributed by atoms with Crippen LogP contribution in [0.25, 0.3) is 0 Å². The maximum Gasteiger partial charge on any atom is 0.280 e. The average molecular weight is 450 g/mol. The smallest absolute Gasteiger partial charge is 0.280 e. The highest BCUT2D eigenvalue weighted by molar-refractivity contribution is 7.03. The molecule has 1 aliphatic rings. The zero-order valence-electron chi connectivity index (χ0n) is 18.3. The van der Waals surface area contributed by atoms with Crippen LogP contribution < -0.4 is 10.2 Å². The summed E-state index contributed by atoms with van der Waals surface area (Å²) in [6.07, 6.45) is 8.62. The second-order valence-electron chi connectivity index (χ2n) is 8.34. The summed E-state index contributed by atoms with van der Waals surface area (Å²) in [5.74, 6) is -0.553. The van der Waals surface area contributed by atoms with Gasteiger partial charge in [0.1, 0.15) is 6.04 Å². The van der Waals surface area contributed by atoms with Crippen molar-refractivity contribution in [1.29, 1.82) is 0 Å². The predicted molar refractivity (Wildman–Crippen MR) is 125 cm³/mol. The summed E-state index contributed by atoms with van der Waals surface area (Å²) in [6.45, 7) is 3.96.